The molecule has 1 aliphatic rings. The number of carbonyl (C=O) groups excluding carboxylic acids is 1. The number of nitrogens with one attached hydrogen (secondary N) is 2. The molecule has 0 aliphatic heterocycles. The summed E-state index contributed by atoms with van der Waals surface area (Å²) >= 11 is 0. The van der Waals surface area contributed by atoms with Gasteiger partial charge in [-0.15, -0.1) is 0 Å². The minimum absolute atomic E-state index is 0. The molecule has 0 saturated heterocycles. The number of hydrogen-bond acceptors (Lipinski definition) is 4. The zero-order chi connectivity index (χ0) is 17.0. The second-order valence-corrected chi connectivity index (χ2v) is 4.96. The van der Waals surface area contributed by atoms with Gasteiger partial charge in [0.25, 0.3) is 0 Å². The van der Waals surface area contributed by atoms with Crippen LogP contribution in [0.4, 0.5) is 26.7 Å². The Morgan fingerprint density at radius 1 is 1.39 bits per heavy atom. The predicted octanol–water partition coefficient (Wildman–Crippen LogP) is 2.71. The number of nitrogens with zero attached hydrogens (tertiary/aromatic N) is 2. The van der Waals surface area contributed by atoms with Crippen LogP contribution in [0.15, 0.2) is 12.4 Å². The fraction of sp³-hybridized carbons (Fsp3) is 0.583. The molecular weight excluding hydrogens is 327 g/mol. The Hall–Kier alpha value is -2.20. The van der Waals surface area contributed by atoms with Gasteiger partial charge < -0.3 is 15.4 Å². The van der Waals surface area contributed by atoms with Gasteiger partial charge >= 0.3 is 18.8 Å². The second kappa shape index (κ2) is 6.92. The molecule has 0 aromatic carbocycles. The maximum atomic E-state index is 12.3. The molecule has 1 saturated carbocycles. The quantitative estimate of drug-likeness (QED) is 0.806. The van der Waals surface area contributed by atoms with E-state index in [1.165, 1.54) is 0 Å². The van der Waals surface area contributed by atoms with Crippen molar-refractivity contribution in [3.8, 4) is 5.88 Å². The van der Waals surface area contributed by atoms with Crippen molar-refractivity contribution in [3.05, 3.63) is 18.1 Å². The zero-order valence-corrected chi connectivity index (χ0v) is 11.6. The van der Waals surface area contributed by atoms with Crippen molar-refractivity contribution in [2.24, 2.45) is 5.92 Å². The number of ether oxygens (including phenoxy) is 1. The summed E-state index contributed by atoms with van der Waals surface area (Å²) in [6, 6.07) is -0.0783. The highest BCUT2D eigenvalue weighted by atomic mass is 19.4. The van der Waals surface area contributed by atoms with Crippen LogP contribution in [0.5, 0.6) is 5.88 Å². The fourth-order valence-electron chi connectivity index (χ4n) is 2.04. The molecule has 1 aromatic heterocycles. The van der Waals surface area contributed by atoms with E-state index in [4.69, 9.17) is 0 Å². The molecular formula is C12H17F5N4O2. The highest BCUT2D eigenvalue weighted by Crippen LogP contribution is 2.40. The molecule has 6 nitrogen and oxygen atoms in total. The average molecular weight is 344 g/mol. The summed E-state index contributed by atoms with van der Waals surface area (Å²) < 4.78 is 65.0. The average Bonchev–Trinajstić information content (AvgIpc) is 2.38. The van der Waals surface area contributed by atoms with Crippen molar-refractivity contribution in [1.29, 1.82) is 0 Å². The van der Waals surface area contributed by atoms with Gasteiger partial charge in [0.1, 0.15) is 6.33 Å². The Kier molecular flexibility index (Phi) is 5.16. The van der Waals surface area contributed by atoms with Crippen molar-refractivity contribution in [3.63, 3.8) is 0 Å². The number of hydrogen-bond donors (Lipinski definition) is 2. The van der Waals surface area contributed by atoms with Crippen LogP contribution in [0.1, 0.15) is 21.4 Å². The molecule has 1 fully saturated rings. The lowest BCUT2D eigenvalue weighted by atomic mass is 9.80. The first-order valence-corrected chi connectivity index (χ1v) is 6.61. The Morgan fingerprint density at radius 2 is 2.09 bits per heavy atom. The molecule has 23 heavy (non-hydrogen) atoms. The molecule has 132 valence electrons. The molecule has 1 aliphatic carbocycles. The maximum Gasteiger partial charge on any atom is 0.391 e. The van der Waals surface area contributed by atoms with Crippen LogP contribution in [0.25, 0.3) is 0 Å². The van der Waals surface area contributed by atoms with E-state index < -0.39 is 30.8 Å². The summed E-state index contributed by atoms with van der Waals surface area (Å²) in [5.74, 6) is -1.73. The Morgan fingerprint density at radius 3 is 2.70 bits per heavy atom. The molecule has 0 bridgehead atoms. The maximum absolute atomic E-state index is 12.3. The van der Waals surface area contributed by atoms with Crippen molar-refractivity contribution in [1.82, 2.24) is 20.6 Å². The molecule has 0 atom stereocenters. The number of urea groups is 1. The number of aromatic nitrogens is 2. The van der Waals surface area contributed by atoms with Crippen LogP contribution < -0.4 is 15.4 Å². The Bertz CT molecular complexity index is 559. The molecule has 2 rings (SSSR count). The van der Waals surface area contributed by atoms with Gasteiger partial charge in [-0.3, -0.25) is 0 Å². The number of alkyl halides is 5. The SMILES string of the molecule is O=C(NCc1cc(OC(F)F)ncn1)NC1CC(C(F)(F)F)C1.[HH].[HH]. The lowest BCUT2D eigenvalue weighted by Crippen LogP contribution is -2.51. The molecule has 2 amide bonds. The van der Waals surface area contributed by atoms with Gasteiger partial charge in [-0.25, -0.2) is 14.8 Å². The van der Waals surface area contributed by atoms with Crippen molar-refractivity contribution >= 4 is 6.03 Å². The largest absolute Gasteiger partial charge is 0.417 e. The van der Waals surface area contributed by atoms with E-state index in [1.807, 2.05) is 0 Å². The Labute approximate surface area is 130 Å². The van der Waals surface area contributed by atoms with Gasteiger partial charge in [0, 0.05) is 15.0 Å². The molecule has 11 heteroatoms. The zero-order valence-electron chi connectivity index (χ0n) is 11.6. The number of amides is 2. The number of rotatable bonds is 5. The molecule has 1 aromatic rings. The van der Waals surface area contributed by atoms with Crippen molar-refractivity contribution < 1.29 is 34.3 Å². The smallest absolute Gasteiger partial charge is 0.391 e. The molecule has 1 heterocycles. The summed E-state index contributed by atoms with van der Waals surface area (Å²) in [5.41, 5.74) is 0.215. The highest BCUT2D eigenvalue weighted by Gasteiger charge is 2.48. The lowest BCUT2D eigenvalue weighted by Gasteiger charge is -2.36. The first kappa shape index (κ1) is 17.2. The van der Waals surface area contributed by atoms with Crippen LogP contribution in [0.3, 0.4) is 0 Å². The monoisotopic (exact) mass is 344 g/mol. The van der Waals surface area contributed by atoms with E-state index in [2.05, 4.69) is 25.3 Å². The van der Waals surface area contributed by atoms with E-state index in [1.54, 1.807) is 0 Å². The van der Waals surface area contributed by atoms with Gasteiger partial charge in [-0.2, -0.15) is 22.0 Å². The van der Waals surface area contributed by atoms with Gasteiger partial charge in [-0.05, 0) is 12.8 Å². The van der Waals surface area contributed by atoms with E-state index >= 15 is 0 Å². The minimum Gasteiger partial charge on any atom is -0.417 e. The standard InChI is InChI=1S/C12H13F5N4O2.2H2/c13-10(14)23-9-3-8(19-5-20-9)4-18-11(22)21-7-1-6(2-7)12(15,16)17;;/h3,5-7,10H,1-2,4H2,(H2,18,21,22);2*1H. The van der Waals surface area contributed by atoms with Crippen LogP contribution in [0.2, 0.25) is 0 Å². The topological polar surface area (TPSA) is 76.1 Å². The first-order chi connectivity index (χ1) is 10.7. The summed E-state index contributed by atoms with van der Waals surface area (Å²) in [5, 5.41) is 4.76. The van der Waals surface area contributed by atoms with Crippen LogP contribution in [-0.2, 0) is 6.54 Å². The summed E-state index contributed by atoms with van der Waals surface area (Å²) in [6.45, 7) is -3.14. The third-order valence-electron chi connectivity index (χ3n) is 3.27. The van der Waals surface area contributed by atoms with E-state index in [-0.39, 0.29) is 33.8 Å². The van der Waals surface area contributed by atoms with Crippen LogP contribution >= 0.6 is 0 Å². The van der Waals surface area contributed by atoms with Gasteiger partial charge in [-0.1, -0.05) is 0 Å². The summed E-state index contributed by atoms with van der Waals surface area (Å²) in [6.07, 6.45) is -3.56. The molecule has 0 unspecified atom stereocenters. The minimum atomic E-state index is -4.24. The normalized spacial score (nSPS) is 20.8. The van der Waals surface area contributed by atoms with Gasteiger partial charge in [0.05, 0.1) is 18.2 Å². The van der Waals surface area contributed by atoms with E-state index in [9.17, 15) is 26.7 Å². The summed E-state index contributed by atoms with van der Waals surface area (Å²) in [4.78, 5) is 18.8. The third kappa shape index (κ3) is 5.18. The van der Waals surface area contributed by atoms with Crippen LogP contribution in [0, 0.1) is 5.92 Å². The van der Waals surface area contributed by atoms with Gasteiger partial charge in [0.15, 0.2) is 0 Å². The van der Waals surface area contributed by atoms with Crippen molar-refractivity contribution in [2.75, 3.05) is 0 Å². The fourth-order valence-corrected chi connectivity index (χ4v) is 2.04. The molecule has 0 radical (unpaired) electrons. The number of halogens is 5. The first-order valence-electron chi connectivity index (χ1n) is 6.61. The van der Waals surface area contributed by atoms with Crippen molar-refractivity contribution in [2.45, 2.75) is 38.2 Å². The lowest BCUT2D eigenvalue weighted by molar-refractivity contribution is -0.198. The second-order valence-electron chi connectivity index (χ2n) is 4.96. The molecule has 2 N–H and O–H groups in total. The predicted molar refractivity (Wildman–Crippen MR) is 70.8 cm³/mol. The Balaban J connectivity index is 0.00000288. The van der Waals surface area contributed by atoms with E-state index in [0.29, 0.717) is 0 Å². The highest BCUT2D eigenvalue weighted by molar-refractivity contribution is 5.74. The number of carbonyl (C=O) groups is 1. The van der Waals surface area contributed by atoms with Crippen LogP contribution in [-0.4, -0.2) is 34.8 Å². The summed E-state index contributed by atoms with van der Waals surface area (Å²) in [7, 11) is 0. The van der Waals surface area contributed by atoms with Gasteiger partial charge in [0.2, 0.25) is 5.88 Å². The van der Waals surface area contributed by atoms with E-state index in [0.717, 1.165) is 12.4 Å². The molecule has 0 spiro atoms. The third-order valence-corrected chi connectivity index (χ3v) is 3.27.